The van der Waals surface area contributed by atoms with Gasteiger partial charge in [0.2, 0.25) is 21.8 Å². The molecule has 0 aliphatic heterocycles. The average molecular weight is 482 g/mol. The number of benzene rings is 3. The third-order valence-corrected chi connectivity index (χ3v) is 7.53. The molecule has 0 N–H and O–H groups in total. The van der Waals surface area contributed by atoms with Gasteiger partial charge >= 0.3 is 0 Å². The van der Waals surface area contributed by atoms with Crippen molar-refractivity contribution in [2.75, 3.05) is 0 Å². The topological polar surface area (TPSA) is 76.3 Å². The summed E-state index contributed by atoms with van der Waals surface area (Å²) in [6.07, 6.45) is 0.621. The van der Waals surface area contributed by atoms with E-state index in [2.05, 4.69) is 10.2 Å². The van der Waals surface area contributed by atoms with Crippen LogP contribution in [0, 0.1) is 6.92 Å². The Balaban J connectivity index is 1.71. The van der Waals surface area contributed by atoms with Crippen LogP contribution in [0.4, 0.5) is 0 Å². The Labute approximate surface area is 198 Å². The first-order valence-electron chi connectivity index (χ1n) is 10.6. The maximum Gasteiger partial charge on any atom is 0.247 e. The molecule has 1 aromatic heterocycles. The monoisotopic (exact) mass is 481 g/mol. The summed E-state index contributed by atoms with van der Waals surface area (Å²) in [7, 11) is -3.80. The van der Waals surface area contributed by atoms with Crippen molar-refractivity contribution < 1.29 is 12.8 Å². The largest absolute Gasteiger partial charge is 0.421 e. The number of halogens is 1. The van der Waals surface area contributed by atoms with Crippen molar-refractivity contribution in [2.45, 2.75) is 37.8 Å². The fraction of sp³-hybridized carbons (Fsp3) is 0.200. The molecule has 6 nitrogen and oxygen atoms in total. The summed E-state index contributed by atoms with van der Waals surface area (Å²) in [5.41, 5.74) is 2.57. The Hall–Kier alpha value is -3.00. The van der Waals surface area contributed by atoms with E-state index in [9.17, 15) is 8.42 Å². The summed E-state index contributed by atoms with van der Waals surface area (Å²) in [6.45, 7) is 3.93. The molecule has 0 fully saturated rings. The second-order valence-corrected chi connectivity index (χ2v) is 9.99. The number of hydrogen-bond acceptors (Lipinski definition) is 5. The molecule has 0 spiro atoms. The average Bonchev–Trinajstić information content (AvgIpc) is 3.26. The molecule has 33 heavy (non-hydrogen) atoms. The van der Waals surface area contributed by atoms with E-state index in [4.69, 9.17) is 16.0 Å². The number of aromatic nitrogens is 2. The highest BCUT2D eigenvalue weighted by Gasteiger charge is 2.31. The lowest BCUT2D eigenvalue weighted by atomic mass is 10.0. The van der Waals surface area contributed by atoms with Crippen LogP contribution in [-0.2, 0) is 16.6 Å². The Morgan fingerprint density at radius 1 is 0.939 bits per heavy atom. The van der Waals surface area contributed by atoms with Crippen LogP contribution in [0.5, 0.6) is 0 Å². The van der Waals surface area contributed by atoms with Crippen LogP contribution < -0.4 is 0 Å². The zero-order valence-electron chi connectivity index (χ0n) is 18.3. The maximum absolute atomic E-state index is 13.8. The van der Waals surface area contributed by atoms with Crippen LogP contribution >= 0.6 is 11.6 Å². The molecular weight excluding hydrogens is 458 g/mol. The van der Waals surface area contributed by atoms with E-state index in [1.807, 2.05) is 61.5 Å². The number of aryl methyl sites for hydroxylation is 1. The first-order chi connectivity index (χ1) is 15.9. The highest BCUT2D eigenvalue weighted by atomic mass is 35.5. The van der Waals surface area contributed by atoms with E-state index in [0.29, 0.717) is 23.2 Å². The van der Waals surface area contributed by atoms with Crippen LogP contribution in [0.15, 0.2) is 88.2 Å². The van der Waals surface area contributed by atoms with Gasteiger partial charge in [-0.3, -0.25) is 0 Å². The minimum atomic E-state index is -3.80. The van der Waals surface area contributed by atoms with Gasteiger partial charge < -0.3 is 4.42 Å². The van der Waals surface area contributed by atoms with E-state index in [1.165, 1.54) is 0 Å². The van der Waals surface area contributed by atoms with Gasteiger partial charge in [-0.2, -0.15) is 4.31 Å². The van der Waals surface area contributed by atoms with Crippen molar-refractivity contribution in [3.8, 4) is 11.5 Å². The molecule has 0 bridgehead atoms. The third-order valence-electron chi connectivity index (χ3n) is 5.40. The van der Waals surface area contributed by atoms with Crippen LogP contribution in [0.2, 0.25) is 5.02 Å². The van der Waals surface area contributed by atoms with E-state index in [-0.39, 0.29) is 17.5 Å². The van der Waals surface area contributed by atoms with Crippen LogP contribution in [0.1, 0.15) is 36.4 Å². The van der Waals surface area contributed by atoms with Crippen molar-refractivity contribution in [1.29, 1.82) is 0 Å². The fourth-order valence-corrected chi connectivity index (χ4v) is 5.53. The Morgan fingerprint density at radius 2 is 1.61 bits per heavy atom. The van der Waals surface area contributed by atoms with Crippen LogP contribution in [0.25, 0.3) is 11.5 Å². The Bertz CT molecular complexity index is 1310. The van der Waals surface area contributed by atoms with Crippen molar-refractivity contribution in [3.63, 3.8) is 0 Å². The van der Waals surface area contributed by atoms with Gasteiger partial charge in [0, 0.05) is 24.1 Å². The van der Waals surface area contributed by atoms with E-state index >= 15 is 0 Å². The fourth-order valence-electron chi connectivity index (χ4n) is 3.73. The molecule has 4 aromatic rings. The number of hydrogen-bond donors (Lipinski definition) is 0. The van der Waals surface area contributed by atoms with Gasteiger partial charge in [0.25, 0.3) is 0 Å². The summed E-state index contributed by atoms with van der Waals surface area (Å²) in [6, 6.07) is 23.1. The molecule has 3 aromatic carbocycles. The molecule has 4 rings (SSSR count). The highest BCUT2D eigenvalue weighted by Crippen LogP contribution is 2.33. The van der Waals surface area contributed by atoms with Gasteiger partial charge in [0.15, 0.2) is 0 Å². The summed E-state index contributed by atoms with van der Waals surface area (Å²) in [4.78, 5) is 0.208. The minimum absolute atomic E-state index is 0.208. The molecular formula is C25H24ClN3O3S. The van der Waals surface area contributed by atoms with Crippen molar-refractivity contribution in [2.24, 2.45) is 0 Å². The predicted octanol–water partition coefficient (Wildman–Crippen LogP) is 6.04. The molecule has 1 heterocycles. The lowest BCUT2D eigenvalue weighted by Crippen LogP contribution is -2.34. The molecule has 0 radical (unpaired) electrons. The number of rotatable bonds is 8. The maximum atomic E-state index is 13.8. The predicted molar refractivity (Wildman–Crippen MR) is 128 cm³/mol. The standard InChI is InChI=1S/C25H24ClN3O3S/c1-3-24(20-7-5-4-6-8-20)29(33(30,31)23-15-13-22(26)14-16-23)17-19-9-11-21(12-10-19)25-28-27-18(2)32-25/h4-16,24H,3,17H2,1-2H3/t24-/m0/s1. The molecule has 1 atom stereocenters. The SMILES string of the molecule is CC[C@@H](c1ccccc1)N(Cc1ccc(-c2nnc(C)o2)cc1)S(=O)(=O)c1ccc(Cl)cc1. The van der Waals surface area contributed by atoms with Gasteiger partial charge in [-0.1, -0.05) is 61.0 Å². The molecule has 0 unspecified atom stereocenters. The van der Waals surface area contributed by atoms with Crippen molar-refractivity contribution in [3.05, 3.63) is 101 Å². The molecule has 0 aliphatic carbocycles. The second-order valence-electron chi connectivity index (χ2n) is 7.66. The first-order valence-corrected chi connectivity index (χ1v) is 12.4. The first kappa shape index (κ1) is 23.2. The van der Waals surface area contributed by atoms with E-state index < -0.39 is 10.0 Å². The minimum Gasteiger partial charge on any atom is -0.421 e. The van der Waals surface area contributed by atoms with Gasteiger partial charge in [0.05, 0.1) is 10.9 Å². The van der Waals surface area contributed by atoms with Gasteiger partial charge in [-0.05, 0) is 53.9 Å². The van der Waals surface area contributed by atoms with Crippen molar-refractivity contribution in [1.82, 2.24) is 14.5 Å². The van der Waals surface area contributed by atoms with Crippen LogP contribution in [-0.4, -0.2) is 22.9 Å². The van der Waals surface area contributed by atoms with Crippen LogP contribution in [0.3, 0.4) is 0 Å². The molecule has 170 valence electrons. The summed E-state index contributed by atoms with van der Waals surface area (Å²) < 4.78 is 34.6. The van der Waals surface area contributed by atoms with Crippen molar-refractivity contribution >= 4 is 21.6 Å². The summed E-state index contributed by atoms with van der Waals surface area (Å²) in [5.74, 6) is 0.920. The Kier molecular flexibility index (Phi) is 6.93. The third kappa shape index (κ3) is 5.16. The van der Waals surface area contributed by atoms with Gasteiger partial charge in [-0.25, -0.2) is 8.42 Å². The van der Waals surface area contributed by atoms with E-state index in [0.717, 1.165) is 16.7 Å². The highest BCUT2D eigenvalue weighted by molar-refractivity contribution is 7.89. The quantitative estimate of drug-likeness (QED) is 0.306. The summed E-state index contributed by atoms with van der Waals surface area (Å²) >= 11 is 6.00. The number of nitrogens with zero attached hydrogens (tertiary/aromatic N) is 3. The number of sulfonamides is 1. The normalized spacial score (nSPS) is 12.7. The lowest BCUT2D eigenvalue weighted by Gasteiger charge is -2.31. The molecule has 0 aliphatic rings. The van der Waals surface area contributed by atoms with Gasteiger partial charge in [0.1, 0.15) is 0 Å². The lowest BCUT2D eigenvalue weighted by molar-refractivity contribution is 0.310. The zero-order chi connectivity index (χ0) is 23.4. The molecule has 0 saturated heterocycles. The second kappa shape index (κ2) is 9.87. The van der Waals surface area contributed by atoms with E-state index in [1.54, 1.807) is 35.5 Å². The Morgan fingerprint density at radius 3 is 2.18 bits per heavy atom. The molecule has 0 saturated carbocycles. The summed E-state index contributed by atoms with van der Waals surface area (Å²) in [5, 5.41) is 8.39. The zero-order valence-corrected chi connectivity index (χ0v) is 19.9. The molecule has 0 amide bonds. The van der Waals surface area contributed by atoms with Gasteiger partial charge in [-0.15, -0.1) is 10.2 Å². The molecule has 8 heteroatoms. The smallest absolute Gasteiger partial charge is 0.247 e.